The maximum absolute atomic E-state index is 12.3. The van der Waals surface area contributed by atoms with Gasteiger partial charge in [0.25, 0.3) is 15.9 Å². The van der Waals surface area contributed by atoms with E-state index < -0.39 is 10.0 Å². The summed E-state index contributed by atoms with van der Waals surface area (Å²) in [5.74, 6) is 0.754. The fraction of sp³-hybridized carbons (Fsp3) is 0.0769. The van der Waals surface area contributed by atoms with Gasteiger partial charge in [-0.1, -0.05) is 18.2 Å². The van der Waals surface area contributed by atoms with Crippen molar-refractivity contribution in [2.24, 2.45) is 0 Å². The first kappa shape index (κ1) is 13.8. The summed E-state index contributed by atoms with van der Waals surface area (Å²) in [6, 6.07) is 11.9. The normalized spacial score (nSPS) is 11.5. The van der Waals surface area contributed by atoms with Crippen LogP contribution in [0, 0.1) is 6.92 Å². The Bertz CT molecular complexity index is 854. The Kier molecular flexibility index (Phi) is 3.48. The highest BCUT2D eigenvalue weighted by Crippen LogP contribution is 2.30. The van der Waals surface area contributed by atoms with E-state index in [0.29, 0.717) is 22.3 Å². The highest BCUT2D eigenvalue weighted by molar-refractivity contribution is 7.94. The lowest BCUT2D eigenvalue weighted by Crippen LogP contribution is -2.11. The van der Waals surface area contributed by atoms with Gasteiger partial charge in [-0.3, -0.25) is 4.72 Å². The molecule has 0 radical (unpaired) electrons. The number of hydrogen-bond acceptors (Lipinski definition) is 6. The van der Waals surface area contributed by atoms with Crippen LogP contribution in [-0.4, -0.2) is 18.6 Å². The van der Waals surface area contributed by atoms with Gasteiger partial charge in [0, 0.05) is 12.6 Å². The summed E-state index contributed by atoms with van der Waals surface area (Å²) in [5, 5.41) is 7.60. The van der Waals surface area contributed by atoms with Crippen LogP contribution >= 0.6 is 11.3 Å². The van der Waals surface area contributed by atoms with Crippen LogP contribution in [0.5, 0.6) is 0 Å². The summed E-state index contributed by atoms with van der Waals surface area (Å²) in [6.45, 7) is 1.68. The molecule has 0 aliphatic heterocycles. The maximum atomic E-state index is 12.3. The van der Waals surface area contributed by atoms with E-state index in [-0.39, 0.29) is 4.21 Å². The average molecular weight is 321 g/mol. The van der Waals surface area contributed by atoms with E-state index in [1.807, 2.05) is 6.07 Å². The van der Waals surface area contributed by atoms with Gasteiger partial charge in [0.2, 0.25) is 5.89 Å². The van der Waals surface area contributed by atoms with Crippen LogP contribution in [0.15, 0.2) is 51.1 Å². The molecule has 0 saturated heterocycles. The fourth-order valence-electron chi connectivity index (χ4n) is 1.69. The van der Waals surface area contributed by atoms with E-state index in [2.05, 4.69) is 14.9 Å². The quantitative estimate of drug-likeness (QED) is 0.798. The smallest absolute Gasteiger partial charge is 0.271 e. The minimum Gasteiger partial charge on any atom is -0.420 e. The van der Waals surface area contributed by atoms with Crippen LogP contribution in [0.2, 0.25) is 0 Å². The average Bonchev–Trinajstić information content (AvgIpc) is 3.08. The molecule has 0 bridgehead atoms. The van der Waals surface area contributed by atoms with Gasteiger partial charge in [0.15, 0.2) is 0 Å². The van der Waals surface area contributed by atoms with Crippen molar-refractivity contribution in [2.75, 3.05) is 4.72 Å². The highest BCUT2D eigenvalue weighted by Gasteiger charge is 2.19. The number of sulfonamides is 1. The molecule has 0 amide bonds. The number of nitrogens with one attached hydrogen (secondary N) is 1. The fourth-order valence-corrected chi connectivity index (χ4v) is 3.97. The molecule has 6 nitrogen and oxygen atoms in total. The van der Waals surface area contributed by atoms with Crippen molar-refractivity contribution in [2.45, 2.75) is 11.1 Å². The van der Waals surface area contributed by atoms with Gasteiger partial charge in [-0.25, -0.2) is 8.42 Å². The third kappa shape index (κ3) is 2.96. The van der Waals surface area contributed by atoms with E-state index in [4.69, 9.17) is 4.42 Å². The van der Waals surface area contributed by atoms with Gasteiger partial charge < -0.3 is 4.42 Å². The van der Waals surface area contributed by atoms with Gasteiger partial charge in [-0.2, -0.15) is 0 Å². The topological polar surface area (TPSA) is 85.1 Å². The Morgan fingerprint density at radius 2 is 1.86 bits per heavy atom. The molecule has 3 rings (SSSR count). The molecule has 3 aromatic rings. The number of benzene rings is 1. The summed E-state index contributed by atoms with van der Waals surface area (Å²) < 4.78 is 32.6. The van der Waals surface area contributed by atoms with Crippen LogP contribution in [-0.2, 0) is 10.0 Å². The number of hydrogen-bond donors (Lipinski definition) is 1. The first-order valence-corrected chi connectivity index (χ1v) is 8.33. The van der Waals surface area contributed by atoms with Gasteiger partial charge in [0.1, 0.15) is 4.21 Å². The summed E-state index contributed by atoms with van der Waals surface area (Å²) in [6.07, 6.45) is 0. The number of rotatable bonds is 4. The van der Waals surface area contributed by atoms with Crippen molar-refractivity contribution >= 4 is 27.0 Å². The van der Waals surface area contributed by atoms with Crippen LogP contribution < -0.4 is 4.72 Å². The molecule has 0 spiro atoms. The van der Waals surface area contributed by atoms with E-state index in [1.165, 1.54) is 6.07 Å². The lowest BCUT2D eigenvalue weighted by atomic mass is 10.3. The molecule has 1 N–H and O–H groups in total. The predicted octanol–water partition coefficient (Wildman–Crippen LogP) is 2.91. The second-order valence-corrected chi connectivity index (χ2v) is 7.21. The Hall–Kier alpha value is -2.19. The van der Waals surface area contributed by atoms with E-state index >= 15 is 0 Å². The van der Waals surface area contributed by atoms with Crippen molar-refractivity contribution < 1.29 is 12.8 Å². The molecule has 0 fully saturated rings. The first-order valence-electron chi connectivity index (χ1n) is 6.03. The molecule has 1 aromatic carbocycles. The van der Waals surface area contributed by atoms with Crippen molar-refractivity contribution in [3.05, 3.63) is 48.4 Å². The zero-order chi connectivity index (χ0) is 14.9. The van der Waals surface area contributed by atoms with E-state index in [0.717, 1.165) is 11.3 Å². The van der Waals surface area contributed by atoms with Crippen LogP contribution in [0.3, 0.4) is 0 Å². The molecule has 2 heterocycles. The molecular weight excluding hydrogens is 310 g/mol. The summed E-state index contributed by atoms with van der Waals surface area (Å²) >= 11 is 1.08. The third-order valence-corrected chi connectivity index (χ3v) is 5.56. The molecule has 0 atom stereocenters. The maximum Gasteiger partial charge on any atom is 0.271 e. The van der Waals surface area contributed by atoms with Crippen molar-refractivity contribution in [3.63, 3.8) is 0 Å². The van der Waals surface area contributed by atoms with E-state index in [1.54, 1.807) is 37.3 Å². The molecule has 0 aliphatic rings. The van der Waals surface area contributed by atoms with Crippen LogP contribution in [0.1, 0.15) is 5.89 Å². The van der Waals surface area contributed by atoms with E-state index in [9.17, 15) is 8.42 Å². The van der Waals surface area contributed by atoms with Crippen LogP contribution in [0.25, 0.3) is 10.8 Å². The number of thiophene rings is 1. The Morgan fingerprint density at radius 3 is 2.52 bits per heavy atom. The van der Waals surface area contributed by atoms with Crippen LogP contribution in [0.4, 0.5) is 5.69 Å². The number of aromatic nitrogens is 2. The Morgan fingerprint density at radius 1 is 1.10 bits per heavy atom. The lowest BCUT2D eigenvalue weighted by molar-refractivity contribution is 0.534. The Labute approximate surface area is 125 Å². The third-order valence-electron chi connectivity index (χ3n) is 2.61. The highest BCUT2D eigenvalue weighted by atomic mass is 32.2. The summed E-state index contributed by atoms with van der Waals surface area (Å²) in [4.78, 5) is 0.615. The molecule has 0 saturated carbocycles. The SMILES string of the molecule is Cc1nnc(-c2ccc(S(=O)(=O)Nc3ccccc3)s2)o1. The molecule has 21 heavy (non-hydrogen) atoms. The van der Waals surface area contributed by atoms with Gasteiger partial charge in [-0.15, -0.1) is 21.5 Å². The number of para-hydroxylation sites is 1. The largest absolute Gasteiger partial charge is 0.420 e. The second kappa shape index (κ2) is 5.30. The zero-order valence-electron chi connectivity index (χ0n) is 11.0. The zero-order valence-corrected chi connectivity index (χ0v) is 12.6. The number of aryl methyl sites for hydroxylation is 1. The predicted molar refractivity (Wildman–Crippen MR) is 79.6 cm³/mol. The number of nitrogens with zero attached hydrogens (tertiary/aromatic N) is 2. The monoisotopic (exact) mass is 321 g/mol. The van der Waals surface area contributed by atoms with Gasteiger partial charge in [-0.05, 0) is 24.3 Å². The number of anilines is 1. The minimum atomic E-state index is -3.62. The van der Waals surface area contributed by atoms with Crippen molar-refractivity contribution in [1.29, 1.82) is 0 Å². The molecule has 0 aliphatic carbocycles. The molecular formula is C13H11N3O3S2. The van der Waals surface area contributed by atoms with Gasteiger partial charge >= 0.3 is 0 Å². The first-order chi connectivity index (χ1) is 10.0. The van der Waals surface area contributed by atoms with Crippen molar-refractivity contribution in [3.8, 4) is 10.8 Å². The van der Waals surface area contributed by atoms with Crippen molar-refractivity contribution in [1.82, 2.24) is 10.2 Å². The Balaban J connectivity index is 1.88. The molecule has 8 heteroatoms. The minimum absolute atomic E-state index is 0.192. The summed E-state index contributed by atoms with van der Waals surface area (Å²) in [7, 11) is -3.62. The second-order valence-electron chi connectivity index (χ2n) is 4.22. The lowest BCUT2D eigenvalue weighted by Gasteiger charge is -2.05. The van der Waals surface area contributed by atoms with Gasteiger partial charge in [0.05, 0.1) is 4.88 Å². The molecule has 2 aromatic heterocycles. The summed E-state index contributed by atoms with van der Waals surface area (Å²) in [5.41, 5.74) is 0.515. The standard InChI is InChI=1S/C13H11N3O3S2/c1-9-14-15-13(19-9)11-7-8-12(20-11)21(17,18)16-10-5-3-2-4-6-10/h2-8,16H,1H3. The molecule has 0 unspecified atom stereocenters. The molecule has 108 valence electrons.